The van der Waals surface area contributed by atoms with E-state index in [4.69, 9.17) is 0 Å². The van der Waals surface area contributed by atoms with Crippen LogP contribution >= 0.6 is 0 Å². The number of halogens is 3. The van der Waals surface area contributed by atoms with E-state index in [0.717, 1.165) is 12.8 Å². The Morgan fingerprint density at radius 3 is 2.26 bits per heavy atom. The van der Waals surface area contributed by atoms with Gasteiger partial charge in [0.15, 0.2) is 5.60 Å². The molecule has 4 rings (SSSR count). The summed E-state index contributed by atoms with van der Waals surface area (Å²) >= 11 is 0. The molecule has 1 aromatic carbocycles. The molecule has 0 spiro atoms. The van der Waals surface area contributed by atoms with Crippen LogP contribution in [0.25, 0.3) is 0 Å². The lowest BCUT2D eigenvalue weighted by molar-refractivity contribution is -0.286. The molecule has 0 bridgehead atoms. The Morgan fingerprint density at radius 2 is 1.74 bits per heavy atom. The third-order valence-corrected chi connectivity index (χ3v) is 8.75. The highest BCUT2D eigenvalue weighted by molar-refractivity contribution is 8.00. The van der Waals surface area contributed by atoms with Crippen molar-refractivity contribution in [1.29, 1.82) is 0 Å². The number of alkyl halides is 3. The van der Waals surface area contributed by atoms with Crippen LogP contribution in [0.2, 0.25) is 0 Å². The van der Waals surface area contributed by atoms with Crippen molar-refractivity contribution in [2.75, 3.05) is 11.1 Å². The van der Waals surface area contributed by atoms with Gasteiger partial charge in [0.2, 0.25) is 5.91 Å². The quantitative estimate of drug-likeness (QED) is 0.522. The number of carbonyl (C=O) groups is 1. The molecule has 184 valence electrons. The minimum atomic E-state index is -4.79. The van der Waals surface area contributed by atoms with Crippen molar-refractivity contribution in [2.45, 2.75) is 61.7 Å². The fourth-order valence-electron chi connectivity index (χ4n) is 4.66. The summed E-state index contributed by atoms with van der Waals surface area (Å²) in [6, 6.07) is 8.51. The molecule has 5 nitrogen and oxygen atoms in total. The van der Waals surface area contributed by atoms with E-state index in [9.17, 15) is 27.3 Å². The smallest absolute Gasteiger partial charge is 0.376 e. The van der Waals surface area contributed by atoms with E-state index in [1.165, 1.54) is 30.5 Å². The molecule has 2 aromatic rings. The zero-order valence-corrected chi connectivity index (χ0v) is 19.6. The normalized spacial score (nSPS) is 20.5. The Kier molecular flexibility index (Phi) is 6.79. The second-order valence-electron chi connectivity index (χ2n) is 9.47. The molecule has 1 heterocycles. The molecule has 0 saturated heterocycles. The molecule has 2 N–H and O–H groups in total. The average Bonchev–Trinajstić information content (AvgIpc) is 3.39. The van der Waals surface area contributed by atoms with E-state index in [1.54, 1.807) is 12.1 Å². The second kappa shape index (κ2) is 9.34. The summed E-state index contributed by atoms with van der Waals surface area (Å²) in [6.45, 7) is 0. The van der Waals surface area contributed by atoms with E-state index in [2.05, 4.69) is 16.2 Å². The highest BCUT2D eigenvalue weighted by Crippen LogP contribution is 2.50. The van der Waals surface area contributed by atoms with Crippen LogP contribution in [-0.2, 0) is 26.3 Å². The van der Waals surface area contributed by atoms with Crippen LogP contribution in [0.1, 0.15) is 49.7 Å². The molecular weight excluding hydrogens is 465 g/mol. The van der Waals surface area contributed by atoms with Crippen LogP contribution in [0.15, 0.2) is 47.6 Å². The number of pyridine rings is 1. The van der Waals surface area contributed by atoms with Crippen molar-refractivity contribution in [1.82, 2.24) is 4.98 Å². The van der Waals surface area contributed by atoms with Crippen molar-refractivity contribution in [3.63, 3.8) is 0 Å². The number of hydrogen-bond donors (Lipinski definition) is 2. The number of carbonyl (C=O) groups excluding carboxylic acids is 1. The first-order valence-electron chi connectivity index (χ1n) is 11.5. The zero-order chi connectivity index (χ0) is 24.6. The van der Waals surface area contributed by atoms with Gasteiger partial charge in [0.05, 0.1) is 6.42 Å². The molecule has 1 aromatic heterocycles. The number of aliphatic hydroxyl groups is 1. The van der Waals surface area contributed by atoms with Crippen molar-refractivity contribution >= 4 is 27.0 Å². The average molecular weight is 495 g/mol. The molecule has 34 heavy (non-hydrogen) atoms. The first-order valence-corrected chi connectivity index (χ1v) is 13.4. The number of benzene rings is 1. The molecule has 2 fully saturated rings. The van der Waals surface area contributed by atoms with Gasteiger partial charge in [0.1, 0.15) is 5.03 Å². The Labute approximate surface area is 197 Å². The summed E-state index contributed by atoms with van der Waals surface area (Å²) in [4.78, 5) is 16.7. The van der Waals surface area contributed by atoms with Crippen LogP contribution < -0.4 is 5.32 Å². The van der Waals surface area contributed by atoms with Gasteiger partial charge in [-0.3, -0.25) is 9.00 Å². The fraction of sp³-hybridized carbons (Fsp3) is 0.480. The van der Waals surface area contributed by atoms with E-state index in [0.29, 0.717) is 53.6 Å². The van der Waals surface area contributed by atoms with Crippen molar-refractivity contribution in [3.8, 4) is 0 Å². The largest absolute Gasteiger partial charge is 0.421 e. The van der Waals surface area contributed by atoms with Crippen LogP contribution in [0, 0.1) is 11.8 Å². The predicted molar refractivity (Wildman–Crippen MR) is 126 cm³/mol. The summed E-state index contributed by atoms with van der Waals surface area (Å²) in [5.74, 6) is 3.57. The van der Waals surface area contributed by atoms with Gasteiger partial charge in [-0.1, -0.05) is 31.0 Å². The van der Waals surface area contributed by atoms with Gasteiger partial charge in [-0.15, -0.1) is 0 Å². The number of aromatic nitrogens is 1. The van der Waals surface area contributed by atoms with Crippen LogP contribution in [0.5, 0.6) is 0 Å². The summed E-state index contributed by atoms with van der Waals surface area (Å²) in [5.41, 5.74) is -2.16. The molecule has 1 amide bonds. The number of amides is 1. The maximum Gasteiger partial charge on any atom is 0.421 e. The first-order chi connectivity index (χ1) is 16.0. The molecular formula is C25H29F3N2O3S. The van der Waals surface area contributed by atoms with Crippen LogP contribution in [0.4, 0.5) is 18.9 Å². The molecule has 2 aliphatic rings. The van der Waals surface area contributed by atoms with Gasteiger partial charge in [0, 0.05) is 33.1 Å². The van der Waals surface area contributed by atoms with Gasteiger partial charge < -0.3 is 10.4 Å². The van der Waals surface area contributed by atoms with E-state index >= 15 is 0 Å². The summed E-state index contributed by atoms with van der Waals surface area (Å²) < 4.78 is 54.2. The topological polar surface area (TPSA) is 79.3 Å². The molecule has 0 radical (unpaired) electrons. The van der Waals surface area contributed by atoms with E-state index < -0.39 is 27.2 Å². The van der Waals surface area contributed by atoms with Gasteiger partial charge in [0.25, 0.3) is 0 Å². The lowest BCUT2D eigenvalue weighted by Crippen LogP contribution is -2.47. The molecule has 2 saturated carbocycles. The first kappa shape index (κ1) is 24.7. The monoisotopic (exact) mass is 494 g/mol. The van der Waals surface area contributed by atoms with Crippen LogP contribution in [0.3, 0.4) is 0 Å². The minimum absolute atomic E-state index is 0.00452. The maximum atomic E-state index is 13.8. The molecule has 9 heteroatoms. The summed E-state index contributed by atoms with van der Waals surface area (Å²) in [7, 11) is -2.44. The third kappa shape index (κ3) is 5.30. The van der Waals surface area contributed by atoms with Gasteiger partial charge >= 0.3 is 6.18 Å². The fourth-order valence-corrected chi connectivity index (χ4v) is 6.49. The molecule has 0 aliphatic heterocycles. The van der Waals surface area contributed by atoms with Crippen LogP contribution in [-0.4, -0.2) is 38.0 Å². The lowest BCUT2D eigenvalue weighted by Gasteiger charge is -2.36. The highest BCUT2D eigenvalue weighted by atomic mass is 32.2. The highest BCUT2D eigenvalue weighted by Gasteiger charge is 2.59. The van der Waals surface area contributed by atoms with Gasteiger partial charge in [-0.2, -0.15) is 13.2 Å². The Balaban J connectivity index is 1.40. The lowest BCUT2D eigenvalue weighted by atomic mass is 9.79. The summed E-state index contributed by atoms with van der Waals surface area (Å²) in [6.07, 6.45) is 0.839. The summed E-state index contributed by atoms with van der Waals surface area (Å²) in [5, 5.41) is 13.8. The minimum Gasteiger partial charge on any atom is -0.376 e. The Bertz CT molecular complexity index is 1120. The zero-order valence-electron chi connectivity index (χ0n) is 18.8. The SMILES string of the molecule is C=S(=O)(CC1CC1)c1ccc(CC(=O)Nc2ccc(C(O)(C3CCCC3)C(F)(F)F)cc2)cn1. The number of anilines is 1. The van der Waals surface area contributed by atoms with E-state index in [1.807, 2.05) is 0 Å². The van der Waals surface area contributed by atoms with Gasteiger partial charge in [-0.05, 0) is 66.8 Å². The number of nitrogens with zero attached hydrogens (tertiary/aromatic N) is 1. The molecule has 2 atom stereocenters. The second-order valence-corrected chi connectivity index (χ2v) is 11.8. The number of hydrogen-bond acceptors (Lipinski definition) is 4. The predicted octanol–water partition coefficient (Wildman–Crippen LogP) is 4.69. The van der Waals surface area contributed by atoms with E-state index in [-0.39, 0.29) is 17.9 Å². The Morgan fingerprint density at radius 1 is 1.09 bits per heavy atom. The third-order valence-electron chi connectivity index (χ3n) is 6.73. The molecule has 2 aliphatic carbocycles. The standard InChI is InChI=1S/C25H29F3N2O3S/c1-34(33,16-17-6-7-17)23-13-8-18(15-29-23)14-22(31)30-21-11-9-20(10-12-21)24(32,25(26,27)28)19-4-2-3-5-19/h8-13,15,17,19,32H,1-7,14,16H2,(H,30,31). The van der Waals surface area contributed by atoms with Gasteiger partial charge in [-0.25, -0.2) is 4.98 Å². The number of nitrogens with one attached hydrogen (secondary N) is 1. The number of rotatable bonds is 8. The van der Waals surface area contributed by atoms with Crippen molar-refractivity contribution < 1.29 is 27.3 Å². The maximum absolute atomic E-state index is 13.8. The Hall–Kier alpha value is -2.39. The van der Waals surface area contributed by atoms with Crippen molar-refractivity contribution in [2.24, 2.45) is 11.8 Å². The molecule has 2 unspecified atom stereocenters. The van der Waals surface area contributed by atoms with Crippen molar-refractivity contribution in [3.05, 3.63) is 53.7 Å².